The summed E-state index contributed by atoms with van der Waals surface area (Å²) < 4.78 is 0. The summed E-state index contributed by atoms with van der Waals surface area (Å²) in [6.45, 7) is 1.06. The third kappa shape index (κ3) is 3.37. The molecule has 0 aromatic heterocycles. The Labute approximate surface area is 110 Å². The summed E-state index contributed by atoms with van der Waals surface area (Å²) in [5.74, 6) is 0.681. The SMILES string of the molecule is CN(C(N)=NCC1(CCO)CCCCC1)C1CC1. The summed E-state index contributed by atoms with van der Waals surface area (Å²) in [6, 6.07) is 0.619. The Bertz CT molecular complexity index is 288. The van der Waals surface area contributed by atoms with Gasteiger partial charge in [0.15, 0.2) is 5.96 Å². The van der Waals surface area contributed by atoms with Crippen LogP contribution in [0.1, 0.15) is 51.4 Å². The summed E-state index contributed by atoms with van der Waals surface area (Å²) in [5, 5.41) is 9.27. The van der Waals surface area contributed by atoms with Crippen LogP contribution < -0.4 is 5.73 Å². The molecular weight excluding hydrogens is 226 g/mol. The van der Waals surface area contributed by atoms with Crippen LogP contribution in [0.5, 0.6) is 0 Å². The van der Waals surface area contributed by atoms with E-state index >= 15 is 0 Å². The summed E-state index contributed by atoms with van der Waals surface area (Å²) in [6.07, 6.45) is 9.62. The van der Waals surface area contributed by atoms with Crippen LogP contribution in [-0.2, 0) is 0 Å². The lowest BCUT2D eigenvalue weighted by atomic mass is 9.72. The number of hydrogen-bond donors (Lipinski definition) is 2. The molecule has 2 aliphatic rings. The molecular formula is C14H27N3O. The molecule has 0 unspecified atom stereocenters. The minimum atomic E-state index is 0.210. The second-order valence-electron chi connectivity index (χ2n) is 6.05. The average Bonchev–Trinajstić information content (AvgIpc) is 3.21. The maximum Gasteiger partial charge on any atom is 0.191 e. The second kappa shape index (κ2) is 5.91. The third-order valence-corrected chi connectivity index (χ3v) is 4.59. The molecule has 0 atom stereocenters. The van der Waals surface area contributed by atoms with Gasteiger partial charge in [-0.05, 0) is 37.5 Å². The van der Waals surface area contributed by atoms with Crippen LogP contribution in [0.25, 0.3) is 0 Å². The summed E-state index contributed by atoms with van der Waals surface area (Å²) in [4.78, 5) is 6.72. The first kappa shape index (κ1) is 13.7. The van der Waals surface area contributed by atoms with Crippen LogP contribution in [-0.4, -0.2) is 42.2 Å². The van der Waals surface area contributed by atoms with E-state index in [9.17, 15) is 5.11 Å². The van der Waals surface area contributed by atoms with Crippen molar-refractivity contribution in [2.24, 2.45) is 16.1 Å². The summed E-state index contributed by atoms with van der Waals surface area (Å²) >= 11 is 0. The van der Waals surface area contributed by atoms with Crippen LogP contribution in [0.4, 0.5) is 0 Å². The molecule has 0 spiro atoms. The van der Waals surface area contributed by atoms with Crippen molar-refractivity contribution < 1.29 is 5.11 Å². The molecule has 0 heterocycles. The van der Waals surface area contributed by atoms with Crippen molar-refractivity contribution in [1.82, 2.24) is 4.90 Å². The van der Waals surface area contributed by atoms with E-state index in [0.717, 1.165) is 13.0 Å². The zero-order valence-electron chi connectivity index (χ0n) is 11.6. The lowest BCUT2D eigenvalue weighted by molar-refractivity contribution is 0.137. The molecule has 104 valence electrons. The van der Waals surface area contributed by atoms with Crippen molar-refractivity contribution in [2.45, 2.75) is 57.4 Å². The Balaban J connectivity index is 1.93. The van der Waals surface area contributed by atoms with Crippen LogP contribution in [0.2, 0.25) is 0 Å². The van der Waals surface area contributed by atoms with Gasteiger partial charge in [0.1, 0.15) is 0 Å². The van der Waals surface area contributed by atoms with Crippen molar-refractivity contribution in [3.8, 4) is 0 Å². The van der Waals surface area contributed by atoms with Crippen LogP contribution >= 0.6 is 0 Å². The first-order valence-corrected chi connectivity index (χ1v) is 7.30. The van der Waals surface area contributed by atoms with Crippen LogP contribution in [0, 0.1) is 5.41 Å². The highest BCUT2D eigenvalue weighted by Crippen LogP contribution is 2.39. The van der Waals surface area contributed by atoms with Gasteiger partial charge in [-0.3, -0.25) is 4.99 Å². The standard InChI is InChI=1S/C14H27N3O/c1-17(12-5-6-12)13(15)16-11-14(9-10-18)7-3-2-4-8-14/h12,18H,2-11H2,1H3,(H2,15,16). The Kier molecular flexibility index (Phi) is 4.49. The number of rotatable bonds is 5. The quantitative estimate of drug-likeness (QED) is 0.579. The van der Waals surface area contributed by atoms with E-state index in [1.807, 2.05) is 7.05 Å². The number of aliphatic hydroxyl groups is 1. The first-order valence-electron chi connectivity index (χ1n) is 7.30. The molecule has 2 saturated carbocycles. The summed E-state index contributed by atoms with van der Waals surface area (Å²) in [5.41, 5.74) is 6.25. The molecule has 0 bridgehead atoms. The van der Waals surface area contributed by atoms with E-state index < -0.39 is 0 Å². The number of hydrogen-bond acceptors (Lipinski definition) is 2. The van der Waals surface area contributed by atoms with Crippen molar-refractivity contribution in [3.05, 3.63) is 0 Å². The zero-order chi connectivity index (χ0) is 13.0. The maximum atomic E-state index is 9.27. The minimum Gasteiger partial charge on any atom is -0.396 e. The van der Waals surface area contributed by atoms with Gasteiger partial charge in [-0.1, -0.05) is 19.3 Å². The van der Waals surface area contributed by atoms with Gasteiger partial charge in [-0.25, -0.2) is 0 Å². The highest BCUT2D eigenvalue weighted by Gasteiger charge is 2.32. The minimum absolute atomic E-state index is 0.210. The highest BCUT2D eigenvalue weighted by molar-refractivity contribution is 5.78. The summed E-state index contributed by atoms with van der Waals surface area (Å²) in [7, 11) is 2.04. The monoisotopic (exact) mass is 253 g/mol. The van der Waals surface area contributed by atoms with Crippen LogP contribution in [0.3, 0.4) is 0 Å². The first-order chi connectivity index (χ1) is 8.67. The molecule has 2 rings (SSSR count). The molecule has 0 aliphatic heterocycles. The molecule has 0 aromatic rings. The van der Waals surface area contributed by atoms with E-state index in [2.05, 4.69) is 9.89 Å². The predicted molar refractivity (Wildman–Crippen MR) is 74.5 cm³/mol. The number of nitrogens with two attached hydrogens (primary N) is 1. The second-order valence-corrected chi connectivity index (χ2v) is 6.05. The van der Waals surface area contributed by atoms with Crippen LogP contribution in [0.15, 0.2) is 4.99 Å². The normalized spacial score (nSPS) is 24.0. The van der Waals surface area contributed by atoms with E-state index in [0.29, 0.717) is 12.0 Å². The van der Waals surface area contributed by atoms with Gasteiger partial charge in [0.25, 0.3) is 0 Å². The average molecular weight is 253 g/mol. The zero-order valence-corrected chi connectivity index (χ0v) is 11.6. The van der Waals surface area contributed by atoms with Gasteiger partial charge in [-0.2, -0.15) is 0 Å². The Morgan fingerprint density at radius 2 is 2.00 bits per heavy atom. The molecule has 18 heavy (non-hydrogen) atoms. The highest BCUT2D eigenvalue weighted by atomic mass is 16.3. The van der Waals surface area contributed by atoms with E-state index in [-0.39, 0.29) is 12.0 Å². The van der Waals surface area contributed by atoms with E-state index in [1.54, 1.807) is 0 Å². The van der Waals surface area contributed by atoms with Gasteiger partial charge in [-0.15, -0.1) is 0 Å². The van der Waals surface area contributed by atoms with Crippen molar-refractivity contribution in [1.29, 1.82) is 0 Å². The van der Waals surface area contributed by atoms with Gasteiger partial charge < -0.3 is 15.7 Å². The molecule has 4 heteroatoms. The fourth-order valence-corrected chi connectivity index (χ4v) is 3.04. The van der Waals surface area contributed by atoms with Gasteiger partial charge in [0.2, 0.25) is 0 Å². The number of aliphatic imine (C=N–C) groups is 1. The molecule has 0 radical (unpaired) electrons. The fourth-order valence-electron chi connectivity index (χ4n) is 3.04. The molecule has 0 aromatic carbocycles. The van der Waals surface area contributed by atoms with Crippen molar-refractivity contribution in [2.75, 3.05) is 20.2 Å². The molecule has 0 amide bonds. The molecule has 3 N–H and O–H groups in total. The Morgan fingerprint density at radius 3 is 2.56 bits per heavy atom. The Morgan fingerprint density at radius 1 is 1.33 bits per heavy atom. The molecule has 2 fully saturated rings. The van der Waals surface area contributed by atoms with E-state index in [1.165, 1.54) is 44.9 Å². The molecule has 4 nitrogen and oxygen atoms in total. The topological polar surface area (TPSA) is 61.8 Å². The molecule has 0 saturated heterocycles. The molecule has 2 aliphatic carbocycles. The van der Waals surface area contributed by atoms with Gasteiger partial charge in [0.05, 0.1) is 0 Å². The Hall–Kier alpha value is -0.770. The van der Waals surface area contributed by atoms with Gasteiger partial charge >= 0.3 is 0 Å². The largest absolute Gasteiger partial charge is 0.396 e. The number of guanidine groups is 1. The van der Waals surface area contributed by atoms with E-state index in [4.69, 9.17) is 5.73 Å². The maximum absolute atomic E-state index is 9.27. The fraction of sp³-hybridized carbons (Fsp3) is 0.929. The lowest BCUT2D eigenvalue weighted by Gasteiger charge is -2.36. The third-order valence-electron chi connectivity index (χ3n) is 4.59. The van der Waals surface area contributed by atoms with Gasteiger partial charge in [0, 0.05) is 26.2 Å². The number of aliphatic hydroxyl groups excluding tert-OH is 1. The number of nitrogens with zero attached hydrogens (tertiary/aromatic N) is 2. The predicted octanol–water partition coefficient (Wildman–Crippen LogP) is 1.73. The smallest absolute Gasteiger partial charge is 0.191 e. The van der Waals surface area contributed by atoms with Crippen molar-refractivity contribution >= 4 is 5.96 Å². The van der Waals surface area contributed by atoms with Crippen molar-refractivity contribution in [3.63, 3.8) is 0 Å². The lowest BCUT2D eigenvalue weighted by Crippen LogP contribution is -2.37.